The van der Waals surface area contributed by atoms with Gasteiger partial charge in [-0.25, -0.2) is 19.1 Å². The zero-order valence-corrected chi connectivity index (χ0v) is 21.5. The van der Waals surface area contributed by atoms with Crippen molar-refractivity contribution in [2.75, 3.05) is 0 Å². The van der Waals surface area contributed by atoms with Crippen LogP contribution in [-0.2, 0) is 13.1 Å². The fourth-order valence-corrected chi connectivity index (χ4v) is 5.23. The molecule has 2 aromatic heterocycles. The molecule has 2 unspecified atom stereocenters. The van der Waals surface area contributed by atoms with Gasteiger partial charge in [-0.05, 0) is 25.7 Å². The second kappa shape index (κ2) is 14.4. The van der Waals surface area contributed by atoms with Crippen molar-refractivity contribution in [2.24, 2.45) is 0 Å². The lowest BCUT2D eigenvalue weighted by Crippen LogP contribution is -2.36. The summed E-state index contributed by atoms with van der Waals surface area (Å²) in [5.74, 6) is 2.64. The molecule has 0 aromatic carbocycles. The third-order valence-electron chi connectivity index (χ3n) is 5.60. The quantitative estimate of drug-likeness (QED) is 0.135. The van der Waals surface area contributed by atoms with Gasteiger partial charge in [0.05, 0.1) is 13.1 Å². The number of unbranched alkanes of at least 4 members (excludes halogenated alkanes) is 6. The molecule has 0 fully saturated rings. The smallest absolute Gasteiger partial charge is 0.247 e. The average molecular weight is 532 g/mol. The van der Waals surface area contributed by atoms with E-state index in [9.17, 15) is 0 Å². The Morgan fingerprint density at radius 2 is 1.10 bits per heavy atom. The largest absolute Gasteiger partial charge is 0.268 e. The first kappa shape index (κ1) is 24.6. The first-order valence-corrected chi connectivity index (χ1v) is 13.4. The Bertz CT molecular complexity index is 611. The lowest BCUT2D eigenvalue weighted by molar-refractivity contribution is -0.703. The molecule has 2 N–H and O–H groups in total. The first-order chi connectivity index (χ1) is 14.2. The molecule has 2 heterocycles. The summed E-state index contributed by atoms with van der Waals surface area (Å²) < 4.78 is 4.73. The lowest BCUT2D eigenvalue weighted by atomic mass is 10.1. The molecular weight excluding hydrogens is 492 g/mol. The van der Waals surface area contributed by atoms with Crippen molar-refractivity contribution in [3.63, 3.8) is 0 Å². The summed E-state index contributed by atoms with van der Waals surface area (Å²) in [4.78, 5) is 7.72. The van der Waals surface area contributed by atoms with E-state index in [1.165, 1.54) is 82.3 Å². The van der Waals surface area contributed by atoms with Gasteiger partial charge in [0.1, 0.15) is 34.4 Å². The molecule has 0 saturated carbocycles. The summed E-state index contributed by atoms with van der Waals surface area (Å²) in [6, 6.07) is 0. The van der Waals surface area contributed by atoms with Crippen LogP contribution in [0.3, 0.4) is 0 Å². The summed E-state index contributed by atoms with van der Waals surface area (Å²) in [6.07, 6.45) is 22.4. The predicted molar refractivity (Wildman–Crippen MR) is 127 cm³/mol. The van der Waals surface area contributed by atoms with Crippen molar-refractivity contribution in [3.05, 3.63) is 36.4 Å². The summed E-state index contributed by atoms with van der Waals surface area (Å²) >= 11 is 7.78. The van der Waals surface area contributed by atoms with E-state index in [2.05, 4.69) is 89.6 Å². The molecule has 0 radical (unpaired) electrons. The van der Waals surface area contributed by atoms with Crippen molar-refractivity contribution in [1.82, 2.24) is 9.97 Å². The van der Waals surface area contributed by atoms with Gasteiger partial charge in [-0.2, -0.15) is 0 Å². The van der Waals surface area contributed by atoms with Gasteiger partial charge in [-0.15, -0.1) is 0 Å². The van der Waals surface area contributed by atoms with Crippen LogP contribution in [0.1, 0.15) is 106 Å². The van der Waals surface area contributed by atoms with Crippen LogP contribution in [0.5, 0.6) is 0 Å². The van der Waals surface area contributed by atoms with Crippen LogP contribution in [0.2, 0.25) is 0 Å². The molecule has 2 rings (SSSR count). The van der Waals surface area contributed by atoms with E-state index < -0.39 is 0 Å². The molecular formula is C23H40Br2N4+2. The van der Waals surface area contributed by atoms with E-state index in [0.717, 1.165) is 13.1 Å². The summed E-state index contributed by atoms with van der Waals surface area (Å²) in [5, 5.41) is 0. The molecule has 29 heavy (non-hydrogen) atoms. The number of hydrogen-bond acceptors (Lipinski definition) is 0. The van der Waals surface area contributed by atoms with Gasteiger partial charge in [-0.1, -0.05) is 90.7 Å². The second-order valence-corrected chi connectivity index (χ2v) is 10.3. The highest BCUT2D eigenvalue weighted by atomic mass is 79.9. The number of nitrogens with one attached hydrogen (secondary N) is 2. The van der Waals surface area contributed by atoms with E-state index >= 15 is 0 Å². The van der Waals surface area contributed by atoms with Crippen LogP contribution in [0, 0.1) is 0 Å². The monoisotopic (exact) mass is 530 g/mol. The number of halogens is 2. The van der Waals surface area contributed by atoms with Crippen LogP contribution < -0.4 is 9.13 Å². The minimum Gasteiger partial charge on any atom is -0.247 e. The van der Waals surface area contributed by atoms with Gasteiger partial charge >= 0.3 is 0 Å². The molecule has 0 saturated heterocycles. The Balaban J connectivity index is 1.58. The van der Waals surface area contributed by atoms with Crippen LogP contribution in [0.25, 0.3) is 0 Å². The molecule has 6 heteroatoms. The zero-order valence-electron chi connectivity index (χ0n) is 18.3. The Morgan fingerprint density at radius 3 is 1.52 bits per heavy atom. The van der Waals surface area contributed by atoms with Gasteiger partial charge in [-0.3, -0.25) is 0 Å². The van der Waals surface area contributed by atoms with E-state index in [0.29, 0.717) is 9.65 Å². The van der Waals surface area contributed by atoms with Gasteiger partial charge < -0.3 is 0 Å². The summed E-state index contributed by atoms with van der Waals surface area (Å²) in [7, 11) is 0. The topological polar surface area (TPSA) is 39.3 Å². The summed E-state index contributed by atoms with van der Waals surface area (Å²) in [5.41, 5.74) is 0. The Morgan fingerprint density at radius 1 is 0.690 bits per heavy atom. The number of nitrogens with zero attached hydrogens (tertiary/aromatic N) is 2. The molecule has 0 bridgehead atoms. The van der Waals surface area contributed by atoms with Crippen molar-refractivity contribution >= 4 is 31.9 Å². The average Bonchev–Trinajstić information content (AvgIpc) is 3.38. The molecule has 4 nitrogen and oxygen atoms in total. The van der Waals surface area contributed by atoms with Gasteiger partial charge in [0.2, 0.25) is 0 Å². The third kappa shape index (κ3) is 8.56. The van der Waals surface area contributed by atoms with Crippen LogP contribution >= 0.6 is 31.9 Å². The van der Waals surface area contributed by atoms with Crippen LogP contribution in [0.4, 0.5) is 0 Å². The van der Waals surface area contributed by atoms with Crippen LogP contribution in [0.15, 0.2) is 24.8 Å². The molecule has 0 spiro atoms. The predicted octanol–water partition coefficient (Wildman–Crippen LogP) is 6.82. The maximum Gasteiger partial charge on any atom is 0.268 e. The maximum atomic E-state index is 3.89. The number of aromatic nitrogens is 4. The normalized spacial score (nSPS) is 13.7. The summed E-state index contributed by atoms with van der Waals surface area (Å²) in [6.45, 7) is 6.73. The molecule has 2 aromatic rings. The number of H-pyrrole nitrogens is 2. The highest BCUT2D eigenvalue weighted by molar-refractivity contribution is 9.09. The van der Waals surface area contributed by atoms with Crippen LogP contribution in [-0.4, -0.2) is 9.97 Å². The van der Waals surface area contributed by atoms with Gasteiger partial charge in [0.15, 0.2) is 0 Å². The second-order valence-electron chi connectivity index (χ2n) is 8.06. The molecule has 0 aliphatic rings. The van der Waals surface area contributed by atoms with Crippen molar-refractivity contribution in [3.8, 4) is 0 Å². The van der Waals surface area contributed by atoms with Crippen molar-refractivity contribution < 1.29 is 9.13 Å². The highest BCUT2D eigenvalue weighted by Crippen LogP contribution is 2.27. The zero-order chi connectivity index (χ0) is 20.9. The number of hydrogen-bond donors (Lipinski definition) is 2. The van der Waals surface area contributed by atoms with Crippen molar-refractivity contribution in [1.29, 1.82) is 0 Å². The van der Waals surface area contributed by atoms with E-state index in [1.807, 2.05) is 0 Å². The Labute approximate surface area is 194 Å². The fraction of sp³-hybridized carbons (Fsp3) is 0.739. The molecule has 164 valence electrons. The third-order valence-corrected chi connectivity index (χ3v) is 7.39. The number of aryl methyl sites for hydroxylation is 2. The van der Waals surface area contributed by atoms with Crippen molar-refractivity contribution in [2.45, 2.75) is 107 Å². The molecule has 0 amide bonds. The lowest BCUT2D eigenvalue weighted by Gasteiger charge is -2.08. The highest BCUT2D eigenvalue weighted by Gasteiger charge is 2.20. The van der Waals surface area contributed by atoms with Gasteiger partial charge in [0.25, 0.3) is 11.6 Å². The minimum absolute atomic E-state index is 0.438. The SMILES string of the molecule is CCCC[n+]1cc[nH]c1C(Br)CCCCCCCC(Br)c1[nH]cc[n+]1CCCC. The Hall–Kier alpha value is -0.620. The number of alkyl halides is 2. The number of imidazole rings is 2. The molecule has 2 atom stereocenters. The van der Waals surface area contributed by atoms with E-state index in [4.69, 9.17) is 0 Å². The standard InChI is InChI=1S/C23H38Br2N4/c1-3-5-16-28-18-14-26-22(28)20(24)12-10-8-7-9-11-13-21(25)23-27-15-19-29(23)17-6-4-2/h14-15,18-21H,3-13,16-17H2,1-2H3/p+2. The minimum atomic E-state index is 0.438. The first-order valence-electron chi connectivity index (χ1n) is 11.6. The Kier molecular flexibility index (Phi) is 12.2. The van der Waals surface area contributed by atoms with E-state index in [1.54, 1.807) is 0 Å². The molecule has 0 aliphatic carbocycles. The van der Waals surface area contributed by atoms with E-state index in [-0.39, 0.29) is 0 Å². The van der Waals surface area contributed by atoms with Gasteiger partial charge in [0, 0.05) is 0 Å². The fourth-order valence-electron chi connectivity index (χ4n) is 3.79. The molecule has 0 aliphatic heterocycles. The number of aromatic amines is 2. The maximum absolute atomic E-state index is 3.89. The number of rotatable bonds is 16.